The number of nitrogens with one attached hydrogen (secondary N) is 2. The van der Waals surface area contributed by atoms with Crippen LogP contribution in [0.15, 0.2) is 6.07 Å². The molecule has 0 radical (unpaired) electrons. The lowest BCUT2D eigenvalue weighted by Crippen LogP contribution is -2.30. The number of halogens is 1. The molecule has 0 aliphatic rings. The summed E-state index contributed by atoms with van der Waals surface area (Å²) in [6, 6.07) is 1.53. The Hall–Kier alpha value is -0.920. The zero-order valence-electron chi connectivity index (χ0n) is 8.28. The molecule has 1 aromatic rings. The topological polar surface area (TPSA) is 84.0 Å². The van der Waals surface area contributed by atoms with Crippen LogP contribution < -0.4 is 9.44 Å². The van der Waals surface area contributed by atoms with Gasteiger partial charge in [-0.05, 0) is 13.0 Å². The van der Waals surface area contributed by atoms with Gasteiger partial charge in [-0.2, -0.15) is 13.1 Å². The lowest BCUT2D eigenvalue weighted by molar-refractivity contribution is 0.589. The Bertz CT molecular complexity index is 428. The second-order valence-corrected chi connectivity index (χ2v) is 4.65. The molecule has 2 N–H and O–H groups in total. The molecule has 0 aliphatic carbocycles. The first-order valence-electron chi connectivity index (χ1n) is 4.21. The average molecular weight is 251 g/mol. The molecule has 0 bridgehead atoms. The third kappa shape index (κ3) is 3.98. The van der Waals surface area contributed by atoms with Crippen LogP contribution in [0.25, 0.3) is 0 Å². The van der Waals surface area contributed by atoms with Crippen LogP contribution in [0.5, 0.6) is 0 Å². The van der Waals surface area contributed by atoms with E-state index < -0.39 is 10.2 Å². The number of hydrogen-bond acceptors (Lipinski definition) is 4. The van der Waals surface area contributed by atoms with E-state index in [1.165, 1.54) is 6.07 Å². The normalized spacial score (nSPS) is 11.4. The standard InChI is InChI=1S/C7H11ClN4O2S/c1-3-9-15(13,14)12-7-10-5(2)4-6(8)11-7/h4,9H,3H2,1-2H3,(H,10,11,12). The van der Waals surface area contributed by atoms with Gasteiger partial charge >= 0.3 is 10.2 Å². The fourth-order valence-corrected chi connectivity index (χ4v) is 1.94. The fraction of sp³-hybridized carbons (Fsp3) is 0.429. The van der Waals surface area contributed by atoms with Gasteiger partial charge < -0.3 is 0 Å². The minimum absolute atomic E-state index is 0.0408. The lowest BCUT2D eigenvalue weighted by Gasteiger charge is -2.06. The summed E-state index contributed by atoms with van der Waals surface area (Å²) in [5, 5.41) is 0.191. The Morgan fingerprint density at radius 1 is 1.47 bits per heavy atom. The Labute approximate surface area is 93.3 Å². The summed E-state index contributed by atoms with van der Waals surface area (Å²) in [7, 11) is -3.60. The molecule has 0 fully saturated rings. The molecule has 8 heteroatoms. The van der Waals surface area contributed by atoms with Crippen LogP contribution in [0.4, 0.5) is 5.95 Å². The van der Waals surface area contributed by atoms with Crippen molar-refractivity contribution in [3.63, 3.8) is 0 Å². The Kier molecular flexibility index (Phi) is 3.83. The molecule has 0 saturated carbocycles. The van der Waals surface area contributed by atoms with E-state index in [9.17, 15) is 8.42 Å². The summed E-state index contributed by atoms with van der Waals surface area (Å²) < 4.78 is 27.0. The van der Waals surface area contributed by atoms with Crippen molar-refractivity contribution in [2.75, 3.05) is 11.3 Å². The van der Waals surface area contributed by atoms with Crippen molar-refractivity contribution in [1.82, 2.24) is 14.7 Å². The molecule has 15 heavy (non-hydrogen) atoms. The van der Waals surface area contributed by atoms with Crippen molar-refractivity contribution in [1.29, 1.82) is 0 Å². The molecule has 0 spiro atoms. The van der Waals surface area contributed by atoms with Gasteiger partial charge in [-0.1, -0.05) is 18.5 Å². The maximum Gasteiger partial charge on any atom is 0.301 e. The van der Waals surface area contributed by atoms with Gasteiger partial charge in [-0.3, -0.25) is 0 Å². The van der Waals surface area contributed by atoms with Crippen molar-refractivity contribution in [2.45, 2.75) is 13.8 Å². The van der Waals surface area contributed by atoms with Crippen LogP contribution in [-0.4, -0.2) is 24.9 Å². The Morgan fingerprint density at radius 3 is 2.67 bits per heavy atom. The van der Waals surface area contributed by atoms with Crippen LogP contribution in [0.2, 0.25) is 5.15 Å². The van der Waals surface area contributed by atoms with Crippen molar-refractivity contribution in [2.24, 2.45) is 0 Å². The van der Waals surface area contributed by atoms with Gasteiger partial charge in [-0.15, -0.1) is 0 Å². The van der Waals surface area contributed by atoms with E-state index in [1.807, 2.05) is 0 Å². The molecule has 0 atom stereocenters. The van der Waals surface area contributed by atoms with Gasteiger partial charge in [0.05, 0.1) is 0 Å². The van der Waals surface area contributed by atoms with Crippen LogP contribution in [0.1, 0.15) is 12.6 Å². The minimum atomic E-state index is -3.60. The largest absolute Gasteiger partial charge is 0.301 e. The monoisotopic (exact) mass is 250 g/mol. The number of aromatic nitrogens is 2. The molecule has 0 aliphatic heterocycles. The molecular formula is C7H11ClN4O2S. The molecule has 0 amide bonds. The Balaban J connectivity index is 2.90. The second-order valence-electron chi connectivity index (χ2n) is 2.76. The van der Waals surface area contributed by atoms with Crippen molar-refractivity contribution >= 4 is 27.8 Å². The maximum atomic E-state index is 11.3. The van der Waals surface area contributed by atoms with E-state index in [1.54, 1.807) is 13.8 Å². The van der Waals surface area contributed by atoms with Crippen molar-refractivity contribution < 1.29 is 8.42 Å². The highest BCUT2D eigenvalue weighted by Gasteiger charge is 2.10. The van der Waals surface area contributed by atoms with E-state index in [0.717, 1.165) is 0 Å². The number of hydrogen-bond donors (Lipinski definition) is 2. The van der Waals surface area contributed by atoms with E-state index >= 15 is 0 Å². The highest BCUT2D eigenvalue weighted by atomic mass is 35.5. The SMILES string of the molecule is CCNS(=O)(=O)Nc1nc(C)cc(Cl)n1. The predicted molar refractivity (Wildman–Crippen MR) is 58.0 cm³/mol. The summed E-state index contributed by atoms with van der Waals surface area (Å²) in [5.74, 6) is -0.0408. The minimum Gasteiger partial charge on any atom is -0.238 e. The molecule has 1 aromatic heterocycles. The van der Waals surface area contributed by atoms with Crippen molar-refractivity contribution in [3.05, 3.63) is 16.9 Å². The molecule has 0 saturated heterocycles. The van der Waals surface area contributed by atoms with Crippen LogP contribution in [0, 0.1) is 6.92 Å². The second kappa shape index (κ2) is 4.73. The molecule has 84 valence electrons. The van der Waals surface area contributed by atoms with Gasteiger partial charge in [0.15, 0.2) is 0 Å². The predicted octanol–water partition coefficient (Wildman–Crippen LogP) is 0.705. The van der Waals surface area contributed by atoms with Crippen molar-refractivity contribution in [3.8, 4) is 0 Å². The number of anilines is 1. The first-order valence-corrected chi connectivity index (χ1v) is 6.07. The molecule has 0 aromatic carbocycles. The fourth-order valence-electron chi connectivity index (χ4n) is 0.922. The smallest absolute Gasteiger partial charge is 0.238 e. The number of aryl methyl sites for hydroxylation is 1. The quantitative estimate of drug-likeness (QED) is 0.771. The third-order valence-corrected chi connectivity index (χ3v) is 2.70. The molecule has 1 heterocycles. The molecule has 0 unspecified atom stereocenters. The van der Waals surface area contributed by atoms with Crippen LogP contribution in [0.3, 0.4) is 0 Å². The van der Waals surface area contributed by atoms with Gasteiger partial charge in [-0.25, -0.2) is 14.7 Å². The van der Waals surface area contributed by atoms with E-state index in [2.05, 4.69) is 19.4 Å². The molecule has 1 rings (SSSR count). The summed E-state index contributed by atoms with van der Waals surface area (Å²) in [5.41, 5.74) is 0.587. The van der Waals surface area contributed by atoms with Crippen LogP contribution >= 0.6 is 11.6 Å². The molecular weight excluding hydrogens is 240 g/mol. The molecule has 6 nitrogen and oxygen atoms in total. The summed E-state index contributed by atoms with van der Waals surface area (Å²) in [6.45, 7) is 3.65. The third-order valence-electron chi connectivity index (χ3n) is 1.38. The zero-order valence-corrected chi connectivity index (χ0v) is 9.85. The highest BCUT2D eigenvalue weighted by molar-refractivity contribution is 7.90. The Morgan fingerprint density at radius 2 is 2.13 bits per heavy atom. The summed E-state index contributed by atoms with van der Waals surface area (Å²) in [4.78, 5) is 7.60. The van der Waals surface area contributed by atoms with Gasteiger partial charge in [0.2, 0.25) is 5.95 Å². The first-order chi connectivity index (χ1) is 6.93. The van der Waals surface area contributed by atoms with E-state index in [-0.39, 0.29) is 17.6 Å². The number of rotatable bonds is 4. The zero-order chi connectivity index (χ0) is 11.5. The lowest BCUT2D eigenvalue weighted by atomic mass is 10.5. The van der Waals surface area contributed by atoms with Gasteiger partial charge in [0.25, 0.3) is 0 Å². The highest BCUT2D eigenvalue weighted by Crippen LogP contribution is 2.10. The van der Waals surface area contributed by atoms with E-state index in [4.69, 9.17) is 11.6 Å². The van der Waals surface area contributed by atoms with Crippen LogP contribution in [-0.2, 0) is 10.2 Å². The summed E-state index contributed by atoms with van der Waals surface area (Å²) in [6.07, 6.45) is 0. The first kappa shape index (κ1) is 12.2. The summed E-state index contributed by atoms with van der Waals surface area (Å²) >= 11 is 5.65. The number of nitrogens with zero attached hydrogens (tertiary/aromatic N) is 2. The average Bonchev–Trinajstić information content (AvgIpc) is 1.99. The maximum absolute atomic E-state index is 11.3. The van der Waals surface area contributed by atoms with E-state index in [0.29, 0.717) is 5.69 Å². The van der Waals surface area contributed by atoms with Gasteiger partial charge in [0, 0.05) is 12.2 Å². The van der Waals surface area contributed by atoms with Gasteiger partial charge in [0.1, 0.15) is 5.15 Å².